The number of rotatable bonds is 6. The molecule has 0 aliphatic carbocycles. The zero-order valence-corrected chi connectivity index (χ0v) is 17.0. The number of benzene rings is 1. The second-order valence-corrected chi connectivity index (χ2v) is 6.81. The number of halogens is 1. The van der Waals surface area contributed by atoms with Crippen LogP contribution in [0.15, 0.2) is 44.7 Å². The molecule has 0 aliphatic heterocycles. The lowest BCUT2D eigenvalue weighted by atomic mass is 10.3. The van der Waals surface area contributed by atoms with Crippen molar-refractivity contribution < 1.29 is 9.84 Å². The van der Waals surface area contributed by atoms with Gasteiger partial charge in [0.1, 0.15) is 18.5 Å². The number of aryl methyl sites for hydroxylation is 1. The Kier molecular flexibility index (Phi) is 6.02. The molecule has 0 radical (unpaired) electrons. The topological polar surface area (TPSA) is 91.3 Å². The van der Waals surface area contributed by atoms with Gasteiger partial charge in [-0.25, -0.2) is 9.78 Å². The summed E-state index contributed by atoms with van der Waals surface area (Å²) in [5.74, 6) is 6.25. The maximum absolute atomic E-state index is 13.0. The summed E-state index contributed by atoms with van der Waals surface area (Å²) < 4.78 is 9.77. The zero-order chi connectivity index (χ0) is 20.3. The van der Waals surface area contributed by atoms with E-state index >= 15 is 0 Å². The monoisotopic (exact) mass is 446 g/mol. The van der Waals surface area contributed by atoms with Gasteiger partial charge in [0.2, 0.25) is 0 Å². The van der Waals surface area contributed by atoms with E-state index in [1.54, 1.807) is 23.6 Å². The first-order valence-electron chi connectivity index (χ1n) is 8.55. The third-order valence-corrected chi connectivity index (χ3v) is 4.78. The Morgan fingerprint density at radius 2 is 1.96 bits per heavy atom. The van der Waals surface area contributed by atoms with Crippen LogP contribution in [0.5, 0.6) is 5.75 Å². The standard InChI is InChI=1S/C19H19BrN4O4/c1-3-4-10-23-15-16(21-18(23)20)22(2)19(27)24(17(15)26)11-13(25)12-28-14-8-6-5-7-9-14/h5-9,13,25H,10-12H2,1-2H3. The Balaban J connectivity index is 1.95. The van der Waals surface area contributed by atoms with Crippen LogP contribution >= 0.6 is 15.9 Å². The maximum Gasteiger partial charge on any atom is 0.332 e. The molecule has 9 heteroatoms. The number of hydrogen-bond acceptors (Lipinski definition) is 5. The molecule has 0 fully saturated rings. The van der Waals surface area contributed by atoms with E-state index < -0.39 is 17.4 Å². The van der Waals surface area contributed by atoms with E-state index in [1.807, 2.05) is 18.2 Å². The minimum absolute atomic E-state index is 0.0537. The second-order valence-electron chi connectivity index (χ2n) is 6.10. The van der Waals surface area contributed by atoms with E-state index in [9.17, 15) is 14.7 Å². The minimum atomic E-state index is -1.04. The van der Waals surface area contributed by atoms with Gasteiger partial charge in [-0.05, 0) is 35.0 Å². The van der Waals surface area contributed by atoms with Crippen LogP contribution in [-0.2, 0) is 20.1 Å². The normalized spacial score (nSPS) is 11.9. The summed E-state index contributed by atoms with van der Waals surface area (Å²) in [6.07, 6.45) is -1.04. The molecule has 2 heterocycles. The van der Waals surface area contributed by atoms with Gasteiger partial charge < -0.3 is 14.4 Å². The molecule has 1 unspecified atom stereocenters. The predicted molar refractivity (Wildman–Crippen MR) is 108 cm³/mol. The quantitative estimate of drug-likeness (QED) is 0.452. The Morgan fingerprint density at radius 3 is 2.64 bits per heavy atom. The first-order valence-corrected chi connectivity index (χ1v) is 9.34. The van der Waals surface area contributed by atoms with Gasteiger partial charge >= 0.3 is 5.69 Å². The van der Waals surface area contributed by atoms with Crippen molar-refractivity contribution in [3.05, 3.63) is 55.9 Å². The number of hydrogen-bond donors (Lipinski definition) is 1. The number of aromatic nitrogens is 4. The van der Waals surface area contributed by atoms with E-state index in [0.29, 0.717) is 10.5 Å². The molecule has 0 amide bonds. The van der Waals surface area contributed by atoms with Crippen molar-refractivity contribution in [2.45, 2.75) is 26.1 Å². The molecular formula is C19H19BrN4O4. The highest BCUT2D eigenvalue weighted by Gasteiger charge is 2.20. The summed E-state index contributed by atoms with van der Waals surface area (Å²) in [6, 6.07) is 9.00. The summed E-state index contributed by atoms with van der Waals surface area (Å²) in [5.41, 5.74) is -0.595. The third kappa shape index (κ3) is 3.88. The summed E-state index contributed by atoms with van der Waals surface area (Å²) in [4.78, 5) is 29.9. The van der Waals surface area contributed by atoms with Crippen LogP contribution in [0.4, 0.5) is 0 Å². The van der Waals surface area contributed by atoms with Gasteiger partial charge in [-0.1, -0.05) is 24.1 Å². The molecule has 8 nitrogen and oxygen atoms in total. The number of aliphatic hydroxyl groups excluding tert-OH is 1. The largest absolute Gasteiger partial charge is 0.491 e. The van der Waals surface area contributed by atoms with Gasteiger partial charge in [0.15, 0.2) is 15.9 Å². The number of nitrogens with zero attached hydrogens (tertiary/aromatic N) is 4. The number of aliphatic hydroxyl groups is 1. The summed E-state index contributed by atoms with van der Waals surface area (Å²) in [7, 11) is 1.53. The van der Waals surface area contributed by atoms with E-state index in [0.717, 1.165) is 4.57 Å². The lowest BCUT2D eigenvalue weighted by Gasteiger charge is -2.14. The maximum atomic E-state index is 13.0. The van der Waals surface area contributed by atoms with Gasteiger partial charge in [-0.3, -0.25) is 13.9 Å². The van der Waals surface area contributed by atoms with E-state index in [4.69, 9.17) is 4.74 Å². The molecule has 28 heavy (non-hydrogen) atoms. The fourth-order valence-corrected chi connectivity index (χ4v) is 3.25. The van der Waals surface area contributed by atoms with Crippen LogP contribution in [0.3, 0.4) is 0 Å². The summed E-state index contributed by atoms with van der Waals surface area (Å²) in [5, 5.41) is 10.3. The van der Waals surface area contributed by atoms with Gasteiger partial charge in [0.05, 0.1) is 13.1 Å². The highest BCUT2D eigenvalue weighted by atomic mass is 79.9. The highest BCUT2D eigenvalue weighted by Crippen LogP contribution is 2.16. The second kappa shape index (κ2) is 8.46. The predicted octanol–water partition coefficient (Wildman–Crippen LogP) is 1.12. The van der Waals surface area contributed by atoms with Crippen LogP contribution < -0.4 is 16.0 Å². The smallest absolute Gasteiger partial charge is 0.332 e. The average Bonchev–Trinajstić information content (AvgIpc) is 3.03. The van der Waals surface area contributed by atoms with E-state index in [2.05, 4.69) is 32.8 Å². The molecule has 3 rings (SSSR count). The molecular weight excluding hydrogens is 428 g/mol. The average molecular weight is 447 g/mol. The van der Waals surface area contributed by atoms with Crippen molar-refractivity contribution in [1.29, 1.82) is 0 Å². The molecule has 146 valence electrons. The van der Waals surface area contributed by atoms with Crippen molar-refractivity contribution in [2.24, 2.45) is 7.05 Å². The van der Waals surface area contributed by atoms with Crippen LogP contribution in [0.1, 0.15) is 6.92 Å². The molecule has 0 saturated heterocycles. The highest BCUT2D eigenvalue weighted by molar-refractivity contribution is 9.10. The molecule has 1 N–H and O–H groups in total. The Hall–Kier alpha value is -2.83. The minimum Gasteiger partial charge on any atom is -0.491 e. The summed E-state index contributed by atoms with van der Waals surface area (Å²) >= 11 is 3.31. The number of fused-ring (bicyclic) bond motifs is 1. The number of ether oxygens (including phenoxy) is 1. The zero-order valence-electron chi connectivity index (χ0n) is 15.4. The lowest BCUT2D eigenvalue weighted by molar-refractivity contribution is 0.0902. The van der Waals surface area contributed by atoms with Crippen LogP contribution in [-0.4, -0.2) is 36.5 Å². The van der Waals surface area contributed by atoms with Crippen LogP contribution in [0.25, 0.3) is 11.2 Å². The van der Waals surface area contributed by atoms with Crippen molar-refractivity contribution in [1.82, 2.24) is 18.7 Å². The Bertz CT molecular complexity index is 1170. The lowest BCUT2D eigenvalue weighted by Crippen LogP contribution is -2.43. The Morgan fingerprint density at radius 1 is 1.25 bits per heavy atom. The first kappa shape index (κ1) is 19.9. The number of imidazole rings is 1. The fraction of sp³-hybridized carbons (Fsp3) is 0.316. The SMILES string of the molecule is CC#CCn1c(Br)nc2c1c(=O)n(CC(O)COc1ccccc1)c(=O)n2C. The molecule has 1 atom stereocenters. The molecule has 1 aromatic carbocycles. The van der Waals surface area contributed by atoms with Gasteiger partial charge in [0, 0.05) is 7.05 Å². The van der Waals surface area contributed by atoms with Crippen molar-refractivity contribution >= 4 is 27.1 Å². The molecule has 0 bridgehead atoms. The first-order chi connectivity index (χ1) is 13.4. The van der Waals surface area contributed by atoms with Crippen molar-refractivity contribution in [2.75, 3.05) is 6.61 Å². The molecule has 0 saturated carbocycles. The summed E-state index contributed by atoms with van der Waals surface area (Å²) in [6.45, 7) is 1.70. The van der Waals surface area contributed by atoms with Crippen molar-refractivity contribution in [3.8, 4) is 17.6 Å². The van der Waals surface area contributed by atoms with E-state index in [-0.39, 0.29) is 30.9 Å². The van der Waals surface area contributed by atoms with Gasteiger partial charge in [-0.15, -0.1) is 5.92 Å². The van der Waals surface area contributed by atoms with Gasteiger partial charge in [0.25, 0.3) is 5.56 Å². The number of para-hydroxylation sites is 1. The van der Waals surface area contributed by atoms with Crippen LogP contribution in [0, 0.1) is 11.8 Å². The molecule has 3 aromatic rings. The van der Waals surface area contributed by atoms with Gasteiger partial charge in [-0.2, -0.15) is 0 Å². The van der Waals surface area contributed by atoms with Crippen molar-refractivity contribution in [3.63, 3.8) is 0 Å². The molecule has 0 aliphatic rings. The van der Waals surface area contributed by atoms with Crippen LogP contribution in [0.2, 0.25) is 0 Å². The Labute approximate surface area is 169 Å². The molecule has 0 spiro atoms. The third-order valence-electron chi connectivity index (χ3n) is 4.18. The molecule has 2 aromatic heterocycles. The van der Waals surface area contributed by atoms with E-state index in [1.165, 1.54) is 11.6 Å². The fourth-order valence-electron chi connectivity index (χ4n) is 2.78.